The van der Waals surface area contributed by atoms with E-state index in [2.05, 4.69) is 15.5 Å². The molecule has 1 aliphatic rings. The van der Waals surface area contributed by atoms with Gasteiger partial charge in [0.25, 0.3) is 6.43 Å². The van der Waals surface area contributed by atoms with E-state index >= 15 is 0 Å². The van der Waals surface area contributed by atoms with Gasteiger partial charge in [0.15, 0.2) is 0 Å². The number of sulfonamides is 1. The number of aromatic amines is 1. The molecule has 0 amide bonds. The van der Waals surface area contributed by atoms with Crippen molar-refractivity contribution in [2.75, 3.05) is 6.54 Å². The van der Waals surface area contributed by atoms with Crippen molar-refractivity contribution in [3.8, 4) is 0 Å². The molecule has 0 atom stereocenters. The minimum absolute atomic E-state index is 0.0405. The van der Waals surface area contributed by atoms with Gasteiger partial charge in [0, 0.05) is 12.6 Å². The highest BCUT2D eigenvalue weighted by Gasteiger charge is 2.27. The topological polar surface area (TPSA) is 86.9 Å². The molecule has 108 valence electrons. The molecule has 1 fully saturated rings. The first-order chi connectivity index (χ1) is 8.90. The number of rotatable bonds is 7. The molecule has 0 bridgehead atoms. The number of H-pyrrole nitrogens is 1. The van der Waals surface area contributed by atoms with Crippen molar-refractivity contribution in [3.05, 3.63) is 11.4 Å². The molecule has 2 rings (SSSR count). The van der Waals surface area contributed by atoms with Crippen LogP contribution in [-0.2, 0) is 16.6 Å². The number of hydrogen-bond acceptors (Lipinski definition) is 4. The van der Waals surface area contributed by atoms with Gasteiger partial charge in [-0.1, -0.05) is 0 Å². The molecule has 1 aromatic heterocycles. The average Bonchev–Trinajstić information content (AvgIpc) is 3.07. The SMILES string of the molecule is Cc1[nH]nc(CNC2CC2)c1S(=O)(=O)NCC(F)F. The van der Waals surface area contributed by atoms with Crippen LogP contribution >= 0.6 is 0 Å². The Balaban J connectivity index is 2.14. The molecule has 1 heterocycles. The Morgan fingerprint density at radius 3 is 2.74 bits per heavy atom. The fourth-order valence-corrected chi connectivity index (χ4v) is 3.09. The maximum absolute atomic E-state index is 12.1. The number of halogens is 2. The quantitative estimate of drug-likeness (QED) is 0.684. The predicted molar refractivity (Wildman–Crippen MR) is 64.4 cm³/mol. The van der Waals surface area contributed by atoms with Crippen molar-refractivity contribution in [1.29, 1.82) is 0 Å². The molecular formula is C10H16F2N4O2S. The molecule has 1 saturated carbocycles. The van der Waals surface area contributed by atoms with Gasteiger partial charge in [0.1, 0.15) is 4.90 Å². The van der Waals surface area contributed by atoms with Gasteiger partial charge in [-0.3, -0.25) is 5.10 Å². The summed E-state index contributed by atoms with van der Waals surface area (Å²) in [6.45, 7) is 0.951. The van der Waals surface area contributed by atoms with E-state index in [0.29, 0.717) is 24.0 Å². The molecule has 6 nitrogen and oxygen atoms in total. The third-order valence-corrected chi connectivity index (χ3v) is 4.42. The normalized spacial score (nSPS) is 16.2. The van der Waals surface area contributed by atoms with Gasteiger partial charge >= 0.3 is 0 Å². The fraction of sp³-hybridized carbons (Fsp3) is 0.700. The van der Waals surface area contributed by atoms with E-state index in [4.69, 9.17) is 0 Å². The standard InChI is InChI=1S/C10H16F2N4O2S/c1-6-10(19(17,18)14-5-9(11)12)8(16-15-6)4-13-7-2-3-7/h7,9,13-14H,2-5H2,1H3,(H,15,16). The summed E-state index contributed by atoms with van der Waals surface area (Å²) < 4.78 is 50.0. The van der Waals surface area contributed by atoms with Crippen LogP contribution < -0.4 is 10.0 Å². The van der Waals surface area contributed by atoms with Crippen LogP contribution in [0.25, 0.3) is 0 Å². The van der Waals surface area contributed by atoms with Crippen LogP contribution in [0.15, 0.2) is 4.90 Å². The van der Waals surface area contributed by atoms with E-state index in [9.17, 15) is 17.2 Å². The molecule has 3 N–H and O–H groups in total. The van der Waals surface area contributed by atoms with E-state index in [1.165, 1.54) is 0 Å². The highest BCUT2D eigenvalue weighted by Crippen LogP contribution is 2.22. The van der Waals surface area contributed by atoms with Crippen LogP contribution in [0.5, 0.6) is 0 Å². The number of hydrogen-bond donors (Lipinski definition) is 3. The first-order valence-corrected chi connectivity index (χ1v) is 7.43. The van der Waals surface area contributed by atoms with Crippen molar-refractivity contribution in [1.82, 2.24) is 20.2 Å². The minimum Gasteiger partial charge on any atom is -0.308 e. The van der Waals surface area contributed by atoms with Gasteiger partial charge in [-0.15, -0.1) is 0 Å². The Morgan fingerprint density at radius 1 is 1.47 bits per heavy atom. The second kappa shape index (κ2) is 5.51. The van der Waals surface area contributed by atoms with Crippen molar-refractivity contribution in [2.24, 2.45) is 0 Å². The molecule has 19 heavy (non-hydrogen) atoms. The third kappa shape index (κ3) is 3.71. The smallest absolute Gasteiger partial charge is 0.251 e. The molecule has 1 aliphatic carbocycles. The monoisotopic (exact) mass is 294 g/mol. The Bertz CT molecular complexity index is 540. The van der Waals surface area contributed by atoms with Gasteiger partial charge in [-0.2, -0.15) is 5.10 Å². The highest BCUT2D eigenvalue weighted by atomic mass is 32.2. The second-order valence-corrected chi connectivity index (χ2v) is 6.23. The summed E-state index contributed by atoms with van der Waals surface area (Å²) in [4.78, 5) is -0.0405. The van der Waals surface area contributed by atoms with Gasteiger partial charge in [0.05, 0.1) is 17.9 Å². The lowest BCUT2D eigenvalue weighted by Crippen LogP contribution is -2.30. The van der Waals surface area contributed by atoms with Crippen molar-refractivity contribution in [2.45, 2.75) is 43.7 Å². The predicted octanol–water partition coefficient (Wildman–Crippen LogP) is 0.514. The van der Waals surface area contributed by atoms with Gasteiger partial charge in [-0.05, 0) is 19.8 Å². The Morgan fingerprint density at radius 2 is 2.16 bits per heavy atom. The summed E-state index contributed by atoms with van der Waals surface area (Å²) in [6.07, 6.45) is -0.598. The van der Waals surface area contributed by atoms with E-state index in [1.807, 2.05) is 4.72 Å². The Kier molecular flexibility index (Phi) is 4.16. The van der Waals surface area contributed by atoms with Crippen LogP contribution in [0.3, 0.4) is 0 Å². The van der Waals surface area contributed by atoms with Crippen LogP contribution in [0.2, 0.25) is 0 Å². The minimum atomic E-state index is -3.96. The van der Waals surface area contributed by atoms with E-state index < -0.39 is 23.0 Å². The van der Waals surface area contributed by atoms with Crippen molar-refractivity contribution < 1.29 is 17.2 Å². The molecule has 0 spiro atoms. The molecule has 9 heteroatoms. The lowest BCUT2D eigenvalue weighted by atomic mass is 10.3. The van der Waals surface area contributed by atoms with Crippen LogP contribution in [0.1, 0.15) is 24.2 Å². The van der Waals surface area contributed by atoms with Gasteiger partial charge < -0.3 is 5.32 Å². The van der Waals surface area contributed by atoms with Crippen LogP contribution in [0, 0.1) is 6.92 Å². The number of nitrogens with one attached hydrogen (secondary N) is 3. The summed E-state index contributed by atoms with van der Waals surface area (Å²) in [5, 5.41) is 9.63. The average molecular weight is 294 g/mol. The number of aryl methyl sites for hydroxylation is 1. The molecular weight excluding hydrogens is 278 g/mol. The molecule has 0 radical (unpaired) electrons. The maximum Gasteiger partial charge on any atom is 0.251 e. The maximum atomic E-state index is 12.1. The zero-order valence-corrected chi connectivity index (χ0v) is 11.2. The first kappa shape index (κ1) is 14.4. The van der Waals surface area contributed by atoms with E-state index in [0.717, 1.165) is 12.8 Å². The van der Waals surface area contributed by atoms with Crippen molar-refractivity contribution in [3.63, 3.8) is 0 Å². The lowest BCUT2D eigenvalue weighted by Gasteiger charge is -2.08. The summed E-state index contributed by atoms with van der Waals surface area (Å²) in [7, 11) is -3.96. The number of alkyl halides is 2. The van der Waals surface area contributed by atoms with E-state index in [1.54, 1.807) is 6.92 Å². The van der Waals surface area contributed by atoms with Crippen LogP contribution in [0.4, 0.5) is 8.78 Å². The molecule has 1 aromatic rings. The molecule has 0 aliphatic heterocycles. The molecule has 0 saturated heterocycles. The molecule has 0 aromatic carbocycles. The van der Waals surface area contributed by atoms with Gasteiger partial charge in [0.2, 0.25) is 10.0 Å². The zero-order chi connectivity index (χ0) is 14.0. The van der Waals surface area contributed by atoms with Crippen molar-refractivity contribution >= 4 is 10.0 Å². The Labute approximate surface area is 110 Å². The summed E-state index contributed by atoms with van der Waals surface area (Å²) >= 11 is 0. The highest BCUT2D eigenvalue weighted by molar-refractivity contribution is 7.89. The fourth-order valence-electron chi connectivity index (χ4n) is 1.72. The first-order valence-electron chi connectivity index (χ1n) is 5.95. The third-order valence-electron chi connectivity index (χ3n) is 2.79. The Hall–Kier alpha value is -1.06. The summed E-state index contributed by atoms with van der Waals surface area (Å²) in [6, 6.07) is 0.404. The lowest BCUT2D eigenvalue weighted by molar-refractivity contribution is 0.153. The summed E-state index contributed by atoms with van der Waals surface area (Å²) in [5.41, 5.74) is 0.667. The zero-order valence-electron chi connectivity index (χ0n) is 10.4. The van der Waals surface area contributed by atoms with E-state index in [-0.39, 0.29) is 4.90 Å². The summed E-state index contributed by atoms with van der Waals surface area (Å²) in [5.74, 6) is 0. The largest absolute Gasteiger partial charge is 0.308 e. The number of nitrogens with zero attached hydrogens (tertiary/aromatic N) is 1. The van der Waals surface area contributed by atoms with Crippen LogP contribution in [-0.4, -0.2) is 37.6 Å². The second-order valence-electron chi connectivity index (χ2n) is 4.52. The molecule has 0 unspecified atom stereocenters. The van der Waals surface area contributed by atoms with Gasteiger partial charge in [-0.25, -0.2) is 21.9 Å². The number of aromatic nitrogens is 2.